The van der Waals surface area contributed by atoms with E-state index in [1.165, 1.54) is 6.34 Å². The number of alkyl halides is 2. The number of aromatic nitrogens is 3. The lowest BCUT2D eigenvalue weighted by atomic mass is 10.0. The lowest BCUT2D eigenvalue weighted by Gasteiger charge is -2.33. The van der Waals surface area contributed by atoms with E-state index >= 15 is 0 Å². The summed E-state index contributed by atoms with van der Waals surface area (Å²) in [6, 6.07) is 4.07. The average Bonchev–Trinajstić information content (AvgIpc) is 3.03. The topological polar surface area (TPSA) is 90.7 Å². The zero-order valence-corrected chi connectivity index (χ0v) is 15.5. The minimum Gasteiger partial charge on any atom is -0.390 e. The maximum Gasteiger partial charge on any atom is 0.291 e. The van der Waals surface area contributed by atoms with Crippen molar-refractivity contribution in [3.8, 4) is 0 Å². The van der Waals surface area contributed by atoms with Crippen molar-refractivity contribution >= 4 is 46.2 Å². The Kier molecular flexibility index (Phi) is 4.94. The van der Waals surface area contributed by atoms with E-state index in [0.717, 1.165) is 6.34 Å². The molecule has 1 aromatic carbocycles. The summed E-state index contributed by atoms with van der Waals surface area (Å²) < 4.78 is 36.1. The number of fused-ring (bicyclic) bond motifs is 3. The molecule has 1 aliphatic heterocycles. The van der Waals surface area contributed by atoms with Crippen LogP contribution >= 0.6 is 11.6 Å². The van der Waals surface area contributed by atoms with Gasteiger partial charge in [-0.3, -0.25) is 9.98 Å². The molecule has 2 aromatic heterocycles. The smallest absolute Gasteiger partial charge is 0.291 e. The van der Waals surface area contributed by atoms with Crippen molar-refractivity contribution in [1.82, 2.24) is 14.5 Å². The Morgan fingerprint density at radius 2 is 2.25 bits per heavy atom. The molecule has 1 saturated heterocycles. The van der Waals surface area contributed by atoms with E-state index in [1.807, 2.05) is 0 Å². The third kappa shape index (κ3) is 3.31. The van der Waals surface area contributed by atoms with Crippen molar-refractivity contribution in [3.05, 3.63) is 35.2 Å². The predicted octanol–water partition coefficient (Wildman–Crippen LogP) is 3.35. The van der Waals surface area contributed by atoms with Crippen LogP contribution in [0.5, 0.6) is 0 Å². The number of halogens is 3. The lowest BCUT2D eigenvalue weighted by molar-refractivity contribution is -0.147. The summed E-state index contributed by atoms with van der Waals surface area (Å²) >= 11 is 6.16. The van der Waals surface area contributed by atoms with Crippen LogP contribution in [0.4, 0.5) is 8.78 Å². The molecule has 2 N–H and O–H groups in total. The van der Waals surface area contributed by atoms with Gasteiger partial charge in [0.25, 0.3) is 5.92 Å². The van der Waals surface area contributed by atoms with E-state index in [4.69, 9.17) is 22.1 Å². The van der Waals surface area contributed by atoms with Gasteiger partial charge in [-0.1, -0.05) is 11.6 Å². The number of hydrogen-bond acceptors (Lipinski definition) is 4. The highest BCUT2D eigenvalue weighted by molar-refractivity contribution is 6.31. The molecule has 0 amide bonds. The number of aliphatic imine (C=N–C) groups is 2. The average molecular weight is 407 g/mol. The van der Waals surface area contributed by atoms with Gasteiger partial charge < -0.3 is 15.0 Å². The second-order valence-electron chi connectivity index (χ2n) is 6.42. The van der Waals surface area contributed by atoms with E-state index in [9.17, 15) is 8.78 Å². The van der Waals surface area contributed by atoms with E-state index in [0.29, 0.717) is 32.8 Å². The summed E-state index contributed by atoms with van der Waals surface area (Å²) in [5.74, 6) is -2.66. The third-order valence-electron chi connectivity index (χ3n) is 4.65. The molecule has 0 bridgehead atoms. The Labute approximate surface area is 163 Å². The van der Waals surface area contributed by atoms with Crippen molar-refractivity contribution in [2.75, 3.05) is 13.2 Å². The summed E-state index contributed by atoms with van der Waals surface area (Å²) in [5.41, 5.74) is 6.91. The Bertz CT molecular complexity index is 1080. The molecular formula is C18H17ClF2N6O. The molecule has 3 aromatic rings. The number of hydrogen-bond donors (Lipinski definition) is 1. The zero-order chi connectivity index (χ0) is 19.7. The first-order valence-corrected chi connectivity index (χ1v) is 9.01. The van der Waals surface area contributed by atoms with Crippen LogP contribution < -0.4 is 5.73 Å². The third-order valence-corrected chi connectivity index (χ3v) is 4.88. The minimum atomic E-state index is -3.05. The second-order valence-corrected chi connectivity index (χ2v) is 6.86. The highest BCUT2D eigenvalue weighted by Gasteiger charge is 2.45. The van der Waals surface area contributed by atoms with Crippen LogP contribution in [0.1, 0.15) is 18.3 Å². The van der Waals surface area contributed by atoms with E-state index < -0.39 is 18.6 Å². The quantitative estimate of drug-likeness (QED) is 0.531. The first kappa shape index (κ1) is 18.7. The van der Waals surface area contributed by atoms with E-state index in [2.05, 4.69) is 20.0 Å². The summed E-state index contributed by atoms with van der Waals surface area (Å²) in [5, 5.41) is 1.15. The fourth-order valence-corrected chi connectivity index (χ4v) is 3.65. The fraction of sp³-hybridized carbons (Fsp3) is 0.333. The fourth-order valence-electron chi connectivity index (χ4n) is 3.48. The molecule has 3 heterocycles. The minimum absolute atomic E-state index is 0.0709. The molecule has 0 spiro atoms. The van der Waals surface area contributed by atoms with Gasteiger partial charge in [0.2, 0.25) is 0 Å². The van der Waals surface area contributed by atoms with Gasteiger partial charge in [-0.05, 0) is 24.6 Å². The summed E-state index contributed by atoms with van der Waals surface area (Å²) in [6.07, 6.45) is 4.09. The number of imidazole rings is 1. The standard InChI is InChI=1S/C18H17ClF2N6O/c19-11-1-2-13-12(5-11)17-14(6-25-13)26-16(7-23-10-24-9-22)27(17)15-3-4-28-8-18(15,20)21/h1-2,5-6,9-10,15H,3-4,7-8H2,(H2,22,23,24). The lowest BCUT2D eigenvalue weighted by Crippen LogP contribution is -2.41. The van der Waals surface area contributed by atoms with Crippen LogP contribution in [0, 0.1) is 0 Å². The molecule has 10 heteroatoms. The summed E-state index contributed by atoms with van der Waals surface area (Å²) in [7, 11) is 0. The van der Waals surface area contributed by atoms with Crippen molar-refractivity contribution in [2.45, 2.75) is 24.9 Å². The van der Waals surface area contributed by atoms with Gasteiger partial charge in [-0.15, -0.1) is 0 Å². The molecule has 146 valence electrons. The predicted molar refractivity (Wildman–Crippen MR) is 104 cm³/mol. The number of nitrogens with two attached hydrogens (primary N) is 1. The SMILES string of the molecule is NC=NC=NCc1nc2cnc3ccc(Cl)cc3c2n1C1CCOCC1(F)F. The molecule has 0 saturated carbocycles. The van der Waals surface area contributed by atoms with Gasteiger partial charge in [-0.25, -0.2) is 18.8 Å². The molecule has 1 fully saturated rings. The maximum absolute atomic E-state index is 14.8. The molecular weight excluding hydrogens is 390 g/mol. The number of rotatable bonds is 4. The van der Waals surface area contributed by atoms with Gasteiger partial charge in [-0.2, -0.15) is 0 Å². The van der Waals surface area contributed by atoms with Crippen molar-refractivity contribution in [1.29, 1.82) is 0 Å². The molecule has 1 unspecified atom stereocenters. The van der Waals surface area contributed by atoms with E-state index in [-0.39, 0.29) is 19.6 Å². The number of pyridine rings is 1. The van der Waals surface area contributed by atoms with Crippen molar-refractivity contribution in [2.24, 2.45) is 15.7 Å². The Morgan fingerprint density at radius 3 is 3.04 bits per heavy atom. The van der Waals surface area contributed by atoms with Crippen molar-refractivity contribution in [3.63, 3.8) is 0 Å². The van der Waals surface area contributed by atoms with Gasteiger partial charge >= 0.3 is 0 Å². The monoisotopic (exact) mass is 406 g/mol. The second kappa shape index (κ2) is 7.40. The largest absolute Gasteiger partial charge is 0.390 e. The molecule has 0 aliphatic carbocycles. The van der Waals surface area contributed by atoms with Gasteiger partial charge in [0.15, 0.2) is 0 Å². The normalized spacial score (nSPS) is 20.0. The number of benzene rings is 1. The highest BCUT2D eigenvalue weighted by atomic mass is 35.5. The summed E-state index contributed by atoms with van der Waals surface area (Å²) in [4.78, 5) is 16.7. The van der Waals surface area contributed by atoms with Crippen LogP contribution in [-0.4, -0.2) is 46.3 Å². The maximum atomic E-state index is 14.8. The molecule has 0 radical (unpaired) electrons. The van der Waals surface area contributed by atoms with Gasteiger partial charge in [0, 0.05) is 17.0 Å². The molecule has 7 nitrogen and oxygen atoms in total. The molecule has 4 rings (SSSR count). The number of nitrogens with zero attached hydrogens (tertiary/aromatic N) is 5. The highest BCUT2D eigenvalue weighted by Crippen LogP contribution is 2.40. The Morgan fingerprint density at radius 1 is 1.39 bits per heavy atom. The van der Waals surface area contributed by atoms with Gasteiger partial charge in [0.05, 0.1) is 30.1 Å². The number of ether oxygens (including phenoxy) is 1. The Hall–Kier alpha value is -2.65. The molecule has 1 aliphatic rings. The van der Waals surface area contributed by atoms with Crippen LogP contribution in [0.3, 0.4) is 0 Å². The zero-order valence-electron chi connectivity index (χ0n) is 14.7. The first-order valence-electron chi connectivity index (χ1n) is 8.63. The van der Waals surface area contributed by atoms with Gasteiger partial charge in [0.1, 0.15) is 30.3 Å². The molecule has 28 heavy (non-hydrogen) atoms. The van der Waals surface area contributed by atoms with Crippen LogP contribution in [0.2, 0.25) is 5.02 Å². The van der Waals surface area contributed by atoms with Crippen molar-refractivity contribution < 1.29 is 13.5 Å². The van der Waals surface area contributed by atoms with Crippen LogP contribution in [-0.2, 0) is 11.3 Å². The summed E-state index contributed by atoms with van der Waals surface area (Å²) in [6.45, 7) is -0.327. The van der Waals surface area contributed by atoms with E-state index in [1.54, 1.807) is 29.0 Å². The van der Waals surface area contributed by atoms with Crippen LogP contribution in [0.15, 0.2) is 34.4 Å². The molecule has 1 atom stereocenters. The first-order chi connectivity index (χ1) is 13.5. The van der Waals surface area contributed by atoms with Crippen LogP contribution in [0.25, 0.3) is 21.9 Å². The Balaban J connectivity index is 1.97.